The Labute approximate surface area is 229 Å². The van der Waals surface area contributed by atoms with E-state index in [2.05, 4.69) is 93.5 Å². The fourth-order valence-electron chi connectivity index (χ4n) is 4.41. The zero-order chi connectivity index (χ0) is 22.2. The number of rotatable bonds is 4. The number of phenolic OH excluding ortho intramolecular Hbond substituents is 1. The van der Waals surface area contributed by atoms with Crippen LogP contribution in [0.25, 0.3) is 5.57 Å². The van der Waals surface area contributed by atoms with E-state index >= 15 is 0 Å². The van der Waals surface area contributed by atoms with E-state index in [1.165, 1.54) is 36.8 Å². The quantitative estimate of drug-likeness (QED) is 0.564. The Bertz CT molecular complexity index is 802. The van der Waals surface area contributed by atoms with E-state index in [0.717, 1.165) is 22.6 Å². The molecule has 1 fully saturated rings. The van der Waals surface area contributed by atoms with Gasteiger partial charge in [0.15, 0.2) is 0 Å². The van der Waals surface area contributed by atoms with E-state index in [4.69, 9.17) is 0 Å². The molecule has 1 aliphatic carbocycles. The van der Waals surface area contributed by atoms with Crippen molar-refractivity contribution in [3.05, 3.63) is 46.5 Å². The zero-order valence-electron chi connectivity index (χ0n) is 21.9. The molecule has 1 N–H and O–H groups in total. The van der Waals surface area contributed by atoms with Gasteiger partial charge in [-0.3, -0.25) is 0 Å². The maximum absolute atomic E-state index is 11.2. The van der Waals surface area contributed by atoms with Crippen molar-refractivity contribution in [2.24, 2.45) is 11.3 Å². The number of phenols is 1. The summed E-state index contributed by atoms with van der Waals surface area (Å²) >= 11 is 0. The molecule has 0 amide bonds. The standard InChI is InChI=1S/C28H44O.2ClH.Zr/c1-19(15-16-28(9,10)21-13-11-12-14-21)20(2)23-17-22(26(3,4)5)18-24(25(23)29)27(6,7)8;;;/h15-18,21,29H,11-14H2,1-10H3;2*1H;/q;;;+2/p-2. The van der Waals surface area contributed by atoms with Gasteiger partial charge < -0.3 is 29.9 Å². The van der Waals surface area contributed by atoms with Crippen LogP contribution in [0.3, 0.4) is 0 Å². The van der Waals surface area contributed by atoms with Gasteiger partial charge in [0, 0.05) is 11.1 Å². The molecule has 0 atom stereocenters. The van der Waals surface area contributed by atoms with Crippen molar-refractivity contribution in [2.45, 2.75) is 106 Å². The SMILES string of the molecule is CC(C=CC(C)(C)C1CCCC1)=C(C)c1cc(C(C)(C)C)cc(C(C)(C)C)c1O.[Cl-].[Cl-].[Zr+2]. The van der Waals surface area contributed by atoms with Crippen molar-refractivity contribution in [2.75, 3.05) is 0 Å². The van der Waals surface area contributed by atoms with E-state index in [0.29, 0.717) is 5.75 Å². The van der Waals surface area contributed by atoms with Crippen LogP contribution in [0.1, 0.15) is 112 Å². The molecule has 0 saturated heterocycles. The predicted octanol–water partition coefficient (Wildman–Crippen LogP) is 2.56. The van der Waals surface area contributed by atoms with E-state index in [1.54, 1.807) is 0 Å². The second-order valence-corrected chi connectivity index (χ2v) is 11.9. The smallest absolute Gasteiger partial charge is 1.00 e. The topological polar surface area (TPSA) is 20.2 Å². The number of halogens is 2. The maximum Gasteiger partial charge on any atom is 2.00 e. The molecule has 180 valence electrons. The van der Waals surface area contributed by atoms with E-state index < -0.39 is 0 Å². The molecular weight excluding hydrogens is 514 g/mol. The summed E-state index contributed by atoms with van der Waals surface area (Å²) in [4.78, 5) is 0. The van der Waals surface area contributed by atoms with E-state index in [-0.39, 0.29) is 67.3 Å². The number of allylic oxidation sites excluding steroid dienone is 4. The van der Waals surface area contributed by atoms with Gasteiger partial charge >= 0.3 is 26.2 Å². The fraction of sp³-hybridized carbons (Fsp3) is 0.643. The van der Waals surface area contributed by atoms with Crippen LogP contribution in [0.2, 0.25) is 0 Å². The van der Waals surface area contributed by atoms with Crippen LogP contribution in [0.5, 0.6) is 5.75 Å². The molecule has 0 bridgehead atoms. The van der Waals surface area contributed by atoms with Crippen LogP contribution >= 0.6 is 0 Å². The molecule has 4 heteroatoms. The third-order valence-electron chi connectivity index (χ3n) is 6.95. The Balaban J connectivity index is 0. The summed E-state index contributed by atoms with van der Waals surface area (Å²) in [6.45, 7) is 22.3. The Morgan fingerprint density at radius 2 is 1.38 bits per heavy atom. The summed E-state index contributed by atoms with van der Waals surface area (Å²) < 4.78 is 0. The van der Waals surface area contributed by atoms with Gasteiger partial charge in [0.05, 0.1) is 0 Å². The second-order valence-electron chi connectivity index (χ2n) is 11.9. The third kappa shape index (κ3) is 8.32. The monoisotopic (exact) mass is 556 g/mol. The first-order valence-corrected chi connectivity index (χ1v) is 11.4. The number of aromatic hydroxyl groups is 1. The first-order valence-electron chi connectivity index (χ1n) is 11.4. The van der Waals surface area contributed by atoms with Crippen LogP contribution in [-0.4, -0.2) is 5.11 Å². The average molecular weight is 559 g/mol. The van der Waals surface area contributed by atoms with Crippen LogP contribution in [0, 0.1) is 11.3 Å². The van der Waals surface area contributed by atoms with Gasteiger partial charge in [0.25, 0.3) is 0 Å². The summed E-state index contributed by atoms with van der Waals surface area (Å²) in [5.41, 5.74) is 5.84. The third-order valence-corrected chi connectivity index (χ3v) is 6.95. The molecule has 1 aromatic rings. The van der Waals surface area contributed by atoms with Gasteiger partial charge in [-0.2, -0.15) is 0 Å². The maximum atomic E-state index is 11.2. The first kappa shape index (κ1) is 34.1. The van der Waals surface area contributed by atoms with Crippen molar-refractivity contribution in [3.8, 4) is 5.75 Å². The molecule has 0 aliphatic heterocycles. The molecule has 0 spiro atoms. The zero-order valence-corrected chi connectivity index (χ0v) is 25.9. The van der Waals surface area contributed by atoms with Crippen LogP contribution in [0.15, 0.2) is 29.9 Å². The predicted molar refractivity (Wildman–Crippen MR) is 129 cm³/mol. The van der Waals surface area contributed by atoms with Crippen molar-refractivity contribution < 1.29 is 56.1 Å². The summed E-state index contributed by atoms with van der Waals surface area (Å²) in [6, 6.07) is 4.39. The van der Waals surface area contributed by atoms with Crippen LogP contribution in [0.4, 0.5) is 0 Å². The Morgan fingerprint density at radius 3 is 1.81 bits per heavy atom. The summed E-state index contributed by atoms with van der Waals surface area (Å²) in [7, 11) is 0. The molecule has 1 aliphatic rings. The fourth-order valence-corrected chi connectivity index (χ4v) is 4.41. The molecule has 1 nitrogen and oxygen atoms in total. The number of benzene rings is 1. The minimum atomic E-state index is -0.103. The molecule has 0 radical (unpaired) electrons. The van der Waals surface area contributed by atoms with E-state index in [1.807, 2.05) is 0 Å². The average Bonchev–Trinajstić information content (AvgIpc) is 3.12. The molecule has 0 aromatic heterocycles. The summed E-state index contributed by atoms with van der Waals surface area (Å²) in [5.74, 6) is 1.22. The minimum Gasteiger partial charge on any atom is -1.00 e. The summed E-state index contributed by atoms with van der Waals surface area (Å²) in [5, 5.41) is 11.2. The van der Waals surface area contributed by atoms with Gasteiger partial charge in [-0.25, -0.2) is 0 Å². The van der Waals surface area contributed by atoms with Crippen LogP contribution < -0.4 is 24.8 Å². The first-order chi connectivity index (χ1) is 13.1. The van der Waals surface area contributed by atoms with Gasteiger partial charge in [0.2, 0.25) is 0 Å². The molecule has 32 heavy (non-hydrogen) atoms. The molecule has 1 aromatic carbocycles. The second kappa shape index (κ2) is 12.6. The Hall–Kier alpha value is -0.0369. The van der Waals surface area contributed by atoms with Crippen molar-refractivity contribution >= 4 is 5.57 Å². The van der Waals surface area contributed by atoms with Crippen molar-refractivity contribution in [1.82, 2.24) is 0 Å². The molecule has 0 heterocycles. The number of hydrogen-bond acceptors (Lipinski definition) is 1. The van der Waals surface area contributed by atoms with Crippen LogP contribution in [-0.2, 0) is 37.0 Å². The van der Waals surface area contributed by atoms with Crippen molar-refractivity contribution in [3.63, 3.8) is 0 Å². The normalized spacial score (nSPS) is 16.2. The van der Waals surface area contributed by atoms with Gasteiger partial charge in [-0.15, -0.1) is 0 Å². The molecule has 2 rings (SSSR count). The minimum absolute atomic E-state index is 0. The van der Waals surface area contributed by atoms with E-state index in [9.17, 15) is 5.11 Å². The largest absolute Gasteiger partial charge is 2.00 e. The molecular formula is C28H44Cl2OZr. The Kier molecular flexibility index (Phi) is 13.4. The Morgan fingerprint density at radius 1 is 0.875 bits per heavy atom. The molecule has 1 saturated carbocycles. The number of hydrogen-bond donors (Lipinski definition) is 1. The van der Waals surface area contributed by atoms with Crippen molar-refractivity contribution in [1.29, 1.82) is 0 Å². The van der Waals surface area contributed by atoms with Gasteiger partial charge in [-0.05, 0) is 71.6 Å². The summed E-state index contributed by atoms with van der Waals surface area (Å²) in [6.07, 6.45) is 10.1. The van der Waals surface area contributed by atoms with Gasteiger partial charge in [-0.1, -0.05) is 86.4 Å². The van der Waals surface area contributed by atoms with Gasteiger partial charge in [0.1, 0.15) is 5.75 Å². The molecule has 0 unspecified atom stereocenters.